The van der Waals surface area contributed by atoms with Crippen LogP contribution in [0.25, 0.3) is 17.0 Å². The number of carbonyl (C=O) groups is 1. The fourth-order valence-electron chi connectivity index (χ4n) is 3.88. The van der Waals surface area contributed by atoms with E-state index in [1.165, 1.54) is 33.5 Å². The van der Waals surface area contributed by atoms with E-state index in [1.54, 1.807) is 18.3 Å². The van der Waals surface area contributed by atoms with Crippen molar-refractivity contribution in [2.75, 3.05) is 31.1 Å². The summed E-state index contributed by atoms with van der Waals surface area (Å²) in [4.78, 5) is 49.4. The zero-order valence-electron chi connectivity index (χ0n) is 18.1. The maximum atomic E-state index is 12.9. The molecule has 1 amide bonds. The first kappa shape index (κ1) is 20.5. The van der Waals surface area contributed by atoms with Gasteiger partial charge in [-0.1, -0.05) is 0 Å². The highest BCUT2D eigenvalue weighted by molar-refractivity contribution is 5.79. The molecule has 170 valence electrons. The average molecular weight is 451 g/mol. The minimum atomic E-state index is -0.476. The molecule has 14 heteroatoms. The molecule has 0 atom stereocenters. The normalized spacial score (nSPS) is 14.2. The van der Waals surface area contributed by atoms with E-state index in [4.69, 9.17) is 0 Å². The van der Waals surface area contributed by atoms with Gasteiger partial charge in [-0.3, -0.25) is 18.7 Å². The van der Waals surface area contributed by atoms with Crippen LogP contribution in [-0.4, -0.2) is 80.6 Å². The number of hydrogen-bond acceptors (Lipinski definition) is 9. The number of rotatable bonds is 4. The summed E-state index contributed by atoms with van der Waals surface area (Å²) in [5, 5.41) is 12.5. The molecule has 33 heavy (non-hydrogen) atoms. The molecule has 1 aliphatic heterocycles. The van der Waals surface area contributed by atoms with Crippen molar-refractivity contribution in [2.24, 2.45) is 14.1 Å². The maximum Gasteiger partial charge on any atom is 0.332 e. The van der Waals surface area contributed by atoms with E-state index in [1.807, 2.05) is 12.1 Å². The molecule has 1 aliphatic rings. The SMILES string of the molecule is Cn1c(=O)c2c(ncn2CC(=O)N2CCN(c3ccc(-n4cncn4)nn3)CC2)n(C)c1=O. The van der Waals surface area contributed by atoms with Gasteiger partial charge in [-0.15, -0.1) is 10.2 Å². The highest BCUT2D eigenvalue weighted by Gasteiger charge is 2.24. The molecular weight excluding hydrogens is 430 g/mol. The minimum absolute atomic E-state index is 0.0314. The van der Waals surface area contributed by atoms with Crippen molar-refractivity contribution in [1.29, 1.82) is 0 Å². The number of nitrogens with zero attached hydrogens (tertiary/aromatic N) is 11. The molecule has 0 aliphatic carbocycles. The molecule has 14 nitrogen and oxygen atoms in total. The van der Waals surface area contributed by atoms with Gasteiger partial charge in [0.2, 0.25) is 5.91 Å². The Morgan fingerprint density at radius 1 is 0.970 bits per heavy atom. The number of piperazine rings is 1. The zero-order chi connectivity index (χ0) is 23.1. The second-order valence-corrected chi connectivity index (χ2v) is 7.71. The molecule has 5 heterocycles. The number of hydrogen-bond donors (Lipinski definition) is 0. The highest BCUT2D eigenvalue weighted by Crippen LogP contribution is 2.14. The van der Waals surface area contributed by atoms with Gasteiger partial charge in [-0.05, 0) is 12.1 Å². The lowest BCUT2D eigenvalue weighted by Crippen LogP contribution is -2.50. The topological polar surface area (TPSA) is 142 Å². The maximum absolute atomic E-state index is 12.9. The summed E-state index contributed by atoms with van der Waals surface area (Å²) in [6.07, 6.45) is 4.40. The number of anilines is 1. The van der Waals surface area contributed by atoms with Crippen LogP contribution < -0.4 is 16.1 Å². The Kier molecular flexibility index (Phi) is 4.95. The zero-order valence-corrected chi connectivity index (χ0v) is 18.1. The standard InChI is InChI=1S/C19H21N11O3/c1-25-17-16(18(32)26(2)19(25)33)29(12-21-17)9-15(31)28-7-5-27(6-8-28)13-3-4-14(24-23-13)30-11-20-10-22-30/h3-4,10-12H,5-9H2,1-2H3. The number of amides is 1. The molecular formula is C19H21N11O3. The Morgan fingerprint density at radius 2 is 1.70 bits per heavy atom. The van der Waals surface area contributed by atoms with E-state index in [0.717, 1.165) is 10.4 Å². The lowest BCUT2D eigenvalue weighted by atomic mass is 10.3. The van der Waals surface area contributed by atoms with Crippen LogP contribution in [0, 0.1) is 0 Å². The second-order valence-electron chi connectivity index (χ2n) is 7.71. The molecule has 0 spiro atoms. The average Bonchev–Trinajstić information content (AvgIpc) is 3.52. The Balaban J connectivity index is 1.26. The monoisotopic (exact) mass is 451 g/mol. The summed E-state index contributed by atoms with van der Waals surface area (Å²) in [5.74, 6) is 1.16. The predicted octanol–water partition coefficient (Wildman–Crippen LogP) is -1.85. The molecule has 0 bridgehead atoms. The summed E-state index contributed by atoms with van der Waals surface area (Å²) >= 11 is 0. The van der Waals surface area contributed by atoms with Gasteiger partial charge in [0.15, 0.2) is 22.8 Å². The molecule has 4 aromatic rings. The van der Waals surface area contributed by atoms with E-state index < -0.39 is 11.2 Å². The van der Waals surface area contributed by atoms with Gasteiger partial charge >= 0.3 is 5.69 Å². The summed E-state index contributed by atoms with van der Waals surface area (Å²) in [7, 11) is 2.95. The summed E-state index contributed by atoms with van der Waals surface area (Å²) in [6, 6.07) is 3.67. The summed E-state index contributed by atoms with van der Waals surface area (Å²) < 4.78 is 5.34. The smallest absolute Gasteiger partial charge is 0.332 e. The quantitative estimate of drug-likeness (QED) is 0.350. The Labute approximate surface area is 186 Å². The van der Waals surface area contributed by atoms with Crippen LogP contribution in [0.5, 0.6) is 0 Å². The van der Waals surface area contributed by atoms with E-state index in [9.17, 15) is 14.4 Å². The summed E-state index contributed by atoms with van der Waals surface area (Å²) in [6.45, 7) is 2.19. The van der Waals surface area contributed by atoms with Gasteiger partial charge in [0.1, 0.15) is 19.2 Å². The highest BCUT2D eigenvalue weighted by atomic mass is 16.2. The third-order valence-corrected chi connectivity index (χ3v) is 5.77. The van der Waals surface area contributed by atoms with E-state index in [2.05, 4.69) is 30.2 Å². The van der Waals surface area contributed by atoms with Crippen molar-refractivity contribution in [2.45, 2.75) is 6.54 Å². The molecule has 5 rings (SSSR count). The fourth-order valence-corrected chi connectivity index (χ4v) is 3.88. The second kappa shape index (κ2) is 7.96. The first-order chi connectivity index (χ1) is 15.9. The van der Waals surface area contributed by atoms with Crippen LogP contribution in [0.15, 0.2) is 40.7 Å². The van der Waals surface area contributed by atoms with Gasteiger partial charge in [-0.2, -0.15) is 5.10 Å². The van der Waals surface area contributed by atoms with Crippen molar-refractivity contribution in [1.82, 2.24) is 48.5 Å². The van der Waals surface area contributed by atoms with Gasteiger partial charge < -0.3 is 14.4 Å². The third kappa shape index (κ3) is 3.54. The Bertz CT molecular complexity index is 1420. The van der Waals surface area contributed by atoms with Crippen molar-refractivity contribution >= 4 is 22.9 Å². The largest absolute Gasteiger partial charge is 0.352 e. The molecule has 1 fully saturated rings. The number of carbonyl (C=O) groups excluding carboxylic acids is 1. The van der Waals surface area contributed by atoms with Gasteiger partial charge in [0.05, 0.1) is 6.33 Å². The molecule has 0 aromatic carbocycles. The van der Waals surface area contributed by atoms with Crippen LogP contribution >= 0.6 is 0 Å². The van der Waals surface area contributed by atoms with Crippen molar-refractivity contribution < 1.29 is 4.79 Å². The van der Waals surface area contributed by atoms with Crippen molar-refractivity contribution in [3.63, 3.8) is 0 Å². The third-order valence-electron chi connectivity index (χ3n) is 5.77. The first-order valence-electron chi connectivity index (χ1n) is 10.3. The van der Waals surface area contributed by atoms with Crippen LogP contribution in [-0.2, 0) is 25.4 Å². The lowest BCUT2D eigenvalue weighted by molar-refractivity contribution is -0.132. The van der Waals surface area contributed by atoms with Gasteiger partial charge in [-0.25, -0.2) is 19.4 Å². The minimum Gasteiger partial charge on any atom is -0.352 e. The van der Waals surface area contributed by atoms with Crippen LogP contribution in [0.3, 0.4) is 0 Å². The molecule has 4 aromatic heterocycles. The Morgan fingerprint density at radius 3 is 2.36 bits per heavy atom. The number of imidazole rings is 1. The predicted molar refractivity (Wildman–Crippen MR) is 116 cm³/mol. The molecule has 1 saturated heterocycles. The fraction of sp³-hybridized carbons (Fsp3) is 0.368. The molecule has 0 unspecified atom stereocenters. The summed E-state index contributed by atoms with van der Waals surface area (Å²) in [5.41, 5.74) is -0.447. The molecule has 0 saturated carbocycles. The van der Waals surface area contributed by atoms with E-state index in [-0.39, 0.29) is 23.6 Å². The van der Waals surface area contributed by atoms with Crippen molar-refractivity contribution in [3.8, 4) is 5.82 Å². The van der Waals surface area contributed by atoms with Crippen LogP contribution in [0.2, 0.25) is 0 Å². The molecule has 0 radical (unpaired) electrons. The Hall–Kier alpha value is -4.36. The van der Waals surface area contributed by atoms with Gasteiger partial charge in [0, 0.05) is 40.3 Å². The van der Waals surface area contributed by atoms with Crippen molar-refractivity contribution in [3.05, 3.63) is 52.0 Å². The number of aromatic nitrogens is 9. The first-order valence-corrected chi connectivity index (χ1v) is 10.3. The number of aryl methyl sites for hydroxylation is 1. The number of fused-ring (bicyclic) bond motifs is 1. The van der Waals surface area contributed by atoms with E-state index in [0.29, 0.717) is 32.0 Å². The van der Waals surface area contributed by atoms with Crippen LogP contribution in [0.1, 0.15) is 0 Å². The van der Waals surface area contributed by atoms with Crippen LogP contribution in [0.4, 0.5) is 5.82 Å². The lowest BCUT2D eigenvalue weighted by Gasteiger charge is -2.35. The van der Waals surface area contributed by atoms with E-state index >= 15 is 0 Å². The molecule has 0 N–H and O–H groups in total. The van der Waals surface area contributed by atoms with Gasteiger partial charge in [0.25, 0.3) is 5.56 Å².